The van der Waals surface area contributed by atoms with E-state index in [-0.39, 0.29) is 0 Å². The van der Waals surface area contributed by atoms with Crippen LogP contribution in [0.5, 0.6) is 5.75 Å². The lowest BCUT2D eigenvalue weighted by Crippen LogP contribution is -2.17. The second-order valence-corrected chi connectivity index (χ2v) is 4.51. The maximum atomic E-state index is 5.40. The van der Waals surface area contributed by atoms with E-state index in [2.05, 4.69) is 15.5 Å². The fraction of sp³-hybridized carbons (Fsp3) is 0.467. The fourth-order valence-corrected chi connectivity index (χ4v) is 1.96. The summed E-state index contributed by atoms with van der Waals surface area (Å²) in [6, 6.07) is 7.89. The highest BCUT2D eigenvalue weighted by atomic mass is 16.5. The average molecular weight is 259 g/mol. The molecule has 0 amide bonds. The van der Waals surface area contributed by atoms with Crippen LogP contribution in [0.1, 0.15) is 38.2 Å². The van der Waals surface area contributed by atoms with Gasteiger partial charge in [-0.3, -0.25) is 10.4 Å². The molecule has 0 fully saturated rings. The first-order chi connectivity index (χ1) is 9.38. The van der Waals surface area contributed by atoms with Crippen LogP contribution in [-0.2, 0) is 0 Å². The first kappa shape index (κ1) is 13.6. The van der Waals surface area contributed by atoms with E-state index in [0.717, 1.165) is 30.1 Å². The van der Waals surface area contributed by atoms with Gasteiger partial charge in [0, 0.05) is 13.0 Å². The van der Waals surface area contributed by atoms with Crippen LogP contribution >= 0.6 is 0 Å². The third-order valence-corrected chi connectivity index (χ3v) is 2.97. The number of rotatable bonds is 4. The topological polar surface area (TPSA) is 46.0 Å². The molecule has 102 valence electrons. The molecule has 0 radical (unpaired) electrons. The van der Waals surface area contributed by atoms with Crippen molar-refractivity contribution in [1.29, 1.82) is 0 Å². The predicted octanol–water partition coefficient (Wildman–Crippen LogP) is 2.98. The molecule has 19 heavy (non-hydrogen) atoms. The minimum absolute atomic E-state index is 0.689. The van der Waals surface area contributed by atoms with Gasteiger partial charge in [0.05, 0.1) is 12.8 Å². The third kappa shape index (κ3) is 4.73. The van der Waals surface area contributed by atoms with E-state index in [1.165, 1.54) is 19.3 Å². The van der Waals surface area contributed by atoms with Crippen molar-refractivity contribution in [2.75, 3.05) is 13.2 Å². The van der Waals surface area contributed by atoms with Gasteiger partial charge in [-0.2, -0.15) is 5.10 Å². The van der Waals surface area contributed by atoms with Crippen molar-refractivity contribution in [3.8, 4) is 5.75 Å². The van der Waals surface area contributed by atoms with E-state index in [9.17, 15) is 0 Å². The highest BCUT2D eigenvalue weighted by Crippen LogP contribution is 2.10. The van der Waals surface area contributed by atoms with Crippen molar-refractivity contribution in [1.82, 2.24) is 5.43 Å². The summed E-state index contributed by atoms with van der Waals surface area (Å²) in [7, 11) is 0. The van der Waals surface area contributed by atoms with Crippen LogP contribution in [0.15, 0.2) is 34.4 Å². The monoisotopic (exact) mass is 259 g/mol. The molecule has 1 heterocycles. The smallest absolute Gasteiger partial charge is 0.119 e. The van der Waals surface area contributed by atoms with Crippen LogP contribution in [0.4, 0.5) is 0 Å². The molecular weight excluding hydrogens is 238 g/mol. The van der Waals surface area contributed by atoms with Crippen LogP contribution in [0, 0.1) is 0 Å². The van der Waals surface area contributed by atoms with Crippen molar-refractivity contribution in [2.24, 2.45) is 10.1 Å². The summed E-state index contributed by atoms with van der Waals surface area (Å²) in [4.78, 5) is 4.46. The molecule has 4 heteroatoms. The SMILES string of the molecule is CCOc1ccc(C=NNC2=NCCCCC2)cc1. The van der Waals surface area contributed by atoms with Gasteiger partial charge in [0.1, 0.15) is 11.6 Å². The Hall–Kier alpha value is -1.84. The van der Waals surface area contributed by atoms with Gasteiger partial charge in [-0.1, -0.05) is 6.42 Å². The lowest BCUT2D eigenvalue weighted by Gasteiger charge is -2.03. The summed E-state index contributed by atoms with van der Waals surface area (Å²) in [6.07, 6.45) is 6.46. The van der Waals surface area contributed by atoms with Crippen LogP contribution in [0.2, 0.25) is 0 Å². The number of amidine groups is 1. The summed E-state index contributed by atoms with van der Waals surface area (Å²) in [5, 5.41) is 4.24. The Morgan fingerprint density at radius 1 is 1.26 bits per heavy atom. The van der Waals surface area contributed by atoms with E-state index in [4.69, 9.17) is 4.74 Å². The number of benzene rings is 1. The Morgan fingerprint density at radius 3 is 2.89 bits per heavy atom. The van der Waals surface area contributed by atoms with Gasteiger partial charge in [0.2, 0.25) is 0 Å². The Morgan fingerprint density at radius 2 is 2.11 bits per heavy atom. The van der Waals surface area contributed by atoms with Crippen LogP contribution in [0.3, 0.4) is 0 Å². The molecule has 1 aromatic rings. The summed E-state index contributed by atoms with van der Waals surface area (Å²) in [6.45, 7) is 3.59. The van der Waals surface area contributed by atoms with Crippen LogP contribution in [0.25, 0.3) is 0 Å². The number of nitrogens with zero attached hydrogens (tertiary/aromatic N) is 2. The van der Waals surface area contributed by atoms with Crippen molar-refractivity contribution in [3.05, 3.63) is 29.8 Å². The Labute approximate surface area is 114 Å². The molecule has 1 aliphatic rings. The van der Waals surface area contributed by atoms with Crippen molar-refractivity contribution in [3.63, 3.8) is 0 Å². The Kier molecular flexibility index (Phi) is 5.41. The van der Waals surface area contributed by atoms with Gasteiger partial charge in [-0.05, 0) is 49.6 Å². The zero-order chi connectivity index (χ0) is 13.3. The molecule has 0 unspecified atom stereocenters. The number of ether oxygens (including phenoxy) is 1. The molecule has 0 aliphatic carbocycles. The van der Waals surface area contributed by atoms with Crippen LogP contribution < -0.4 is 10.2 Å². The highest BCUT2D eigenvalue weighted by molar-refractivity contribution is 5.85. The van der Waals surface area contributed by atoms with Crippen molar-refractivity contribution < 1.29 is 4.74 Å². The molecule has 1 aromatic carbocycles. The Balaban J connectivity index is 1.85. The second-order valence-electron chi connectivity index (χ2n) is 4.51. The molecule has 0 bridgehead atoms. The average Bonchev–Trinajstić information content (AvgIpc) is 2.70. The highest BCUT2D eigenvalue weighted by Gasteiger charge is 2.01. The maximum Gasteiger partial charge on any atom is 0.119 e. The number of hydrazone groups is 1. The minimum atomic E-state index is 0.689. The van der Waals surface area contributed by atoms with E-state index in [1.54, 1.807) is 0 Å². The summed E-state index contributed by atoms with van der Waals surface area (Å²) >= 11 is 0. The first-order valence-corrected chi connectivity index (χ1v) is 6.94. The quantitative estimate of drug-likeness (QED) is 0.667. The first-order valence-electron chi connectivity index (χ1n) is 6.94. The molecule has 4 nitrogen and oxygen atoms in total. The lowest BCUT2D eigenvalue weighted by atomic mass is 10.2. The van der Waals surface area contributed by atoms with Gasteiger partial charge in [-0.15, -0.1) is 0 Å². The zero-order valence-corrected chi connectivity index (χ0v) is 11.4. The second kappa shape index (κ2) is 7.56. The molecule has 0 saturated carbocycles. The largest absolute Gasteiger partial charge is 0.494 e. The maximum absolute atomic E-state index is 5.40. The van der Waals surface area contributed by atoms with Crippen LogP contribution in [-0.4, -0.2) is 25.2 Å². The molecule has 0 spiro atoms. The van der Waals surface area contributed by atoms with Gasteiger partial charge in [0.25, 0.3) is 0 Å². The predicted molar refractivity (Wildman–Crippen MR) is 79.1 cm³/mol. The molecule has 0 aromatic heterocycles. The molecule has 0 atom stereocenters. The summed E-state index contributed by atoms with van der Waals surface area (Å²) < 4.78 is 5.40. The van der Waals surface area contributed by atoms with Gasteiger partial charge in [0.15, 0.2) is 0 Å². The molecule has 1 aliphatic heterocycles. The molecule has 2 rings (SSSR count). The van der Waals surface area contributed by atoms with E-state index in [0.29, 0.717) is 6.61 Å². The van der Waals surface area contributed by atoms with Gasteiger partial charge in [-0.25, -0.2) is 0 Å². The number of aliphatic imine (C=N–C) groups is 1. The number of nitrogens with one attached hydrogen (secondary N) is 1. The standard InChI is InChI=1S/C15H21N3O/c1-2-19-14-9-7-13(8-10-14)12-17-18-15-6-4-3-5-11-16-15/h7-10,12H,2-6,11H2,1H3,(H,16,18). The molecule has 1 N–H and O–H groups in total. The van der Waals surface area contributed by atoms with Crippen molar-refractivity contribution >= 4 is 12.1 Å². The summed E-state index contributed by atoms with van der Waals surface area (Å²) in [5.74, 6) is 1.89. The third-order valence-electron chi connectivity index (χ3n) is 2.97. The lowest BCUT2D eigenvalue weighted by molar-refractivity contribution is 0.340. The van der Waals surface area contributed by atoms with E-state index < -0.39 is 0 Å². The summed E-state index contributed by atoms with van der Waals surface area (Å²) in [5.41, 5.74) is 4.08. The van der Waals surface area contributed by atoms with E-state index >= 15 is 0 Å². The molecular formula is C15H21N3O. The van der Waals surface area contributed by atoms with Crippen molar-refractivity contribution in [2.45, 2.75) is 32.6 Å². The molecule has 0 saturated heterocycles. The van der Waals surface area contributed by atoms with E-state index in [1.807, 2.05) is 37.4 Å². The minimum Gasteiger partial charge on any atom is -0.494 e. The normalized spacial score (nSPS) is 15.9. The number of hydrogen-bond acceptors (Lipinski definition) is 4. The fourth-order valence-electron chi connectivity index (χ4n) is 1.96. The Bertz CT molecular complexity index is 437. The number of hydrogen-bond donors (Lipinski definition) is 1. The zero-order valence-electron chi connectivity index (χ0n) is 11.4. The van der Waals surface area contributed by atoms with Gasteiger partial charge < -0.3 is 4.74 Å². The van der Waals surface area contributed by atoms with Gasteiger partial charge >= 0.3 is 0 Å².